The minimum absolute atomic E-state index is 0.255. The summed E-state index contributed by atoms with van der Waals surface area (Å²) in [4.78, 5) is 24.8. The molecule has 2 aromatic rings. The Hall–Kier alpha value is -2.30. The van der Waals surface area contributed by atoms with E-state index < -0.39 is 5.97 Å². The van der Waals surface area contributed by atoms with Crippen LogP contribution in [-0.4, -0.2) is 20.6 Å². The number of nitrogens with one attached hydrogen (secondary N) is 1. The Kier molecular flexibility index (Phi) is 2.82. The van der Waals surface area contributed by atoms with Gasteiger partial charge < -0.3 is 14.7 Å². The third kappa shape index (κ3) is 2.44. The van der Waals surface area contributed by atoms with Crippen molar-refractivity contribution in [3.63, 3.8) is 0 Å². The molecule has 0 fully saturated rings. The number of rotatable bonds is 3. The summed E-state index contributed by atoms with van der Waals surface area (Å²) in [6.45, 7) is 1.95. The molecule has 17 heavy (non-hydrogen) atoms. The number of carboxylic acid groups (broad SMARTS) is 1. The summed E-state index contributed by atoms with van der Waals surface area (Å²) in [5, 5.41) is 8.62. The van der Waals surface area contributed by atoms with Crippen molar-refractivity contribution < 1.29 is 9.90 Å². The van der Waals surface area contributed by atoms with Crippen molar-refractivity contribution in [3.05, 3.63) is 52.1 Å². The zero-order valence-electron chi connectivity index (χ0n) is 9.30. The fourth-order valence-electron chi connectivity index (χ4n) is 1.60. The Morgan fingerprint density at radius 2 is 2.18 bits per heavy atom. The summed E-state index contributed by atoms with van der Waals surface area (Å²) in [5.74, 6) is -0.391. The van der Waals surface area contributed by atoms with E-state index in [9.17, 15) is 9.59 Å². The van der Waals surface area contributed by atoms with E-state index in [1.54, 1.807) is 10.6 Å². The number of aryl methyl sites for hydroxylation is 1. The maximum atomic E-state index is 11.6. The minimum Gasteiger partial charge on any atom is -0.481 e. The maximum absolute atomic E-state index is 11.6. The van der Waals surface area contributed by atoms with Gasteiger partial charge in [0, 0.05) is 18.0 Å². The summed E-state index contributed by atoms with van der Waals surface area (Å²) in [5.41, 5.74) is 0.974. The van der Waals surface area contributed by atoms with Crippen LogP contribution < -0.4 is 5.56 Å². The van der Waals surface area contributed by atoms with E-state index in [4.69, 9.17) is 5.11 Å². The predicted molar refractivity (Wildman–Crippen MR) is 62.5 cm³/mol. The van der Waals surface area contributed by atoms with E-state index in [1.807, 2.05) is 25.4 Å². The molecule has 0 unspecified atom stereocenters. The van der Waals surface area contributed by atoms with Crippen molar-refractivity contribution in [1.82, 2.24) is 9.55 Å². The van der Waals surface area contributed by atoms with E-state index in [-0.39, 0.29) is 17.5 Å². The van der Waals surface area contributed by atoms with Gasteiger partial charge in [0.1, 0.15) is 5.82 Å². The quantitative estimate of drug-likeness (QED) is 0.832. The molecule has 88 valence electrons. The van der Waals surface area contributed by atoms with Crippen molar-refractivity contribution in [3.8, 4) is 5.82 Å². The number of hydrogen-bond donors (Lipinski definition) is 2. The van der Waals surface area contributed by atoms with Gasteiger partial charge in [-0.25, -0.2) is 0 Å². The molecule has 2 rings (SSSR count). The number of pyridine rings is 1. The van der Waals surface area contributed by atoms with Gasteiger partial charge in [0.15, 0.2) is 0 Å². The van der Waals surface area contributed by atoms with Crippen LogP contribution in [0.1, 0.15) is 11.1 Å². The lowest BCUT2D eigenvalue weighted by Gasteiger charge is -2.03. The molecule has 0 radical (unpaired) electrons. The lowest BCUT2D eigenvalue weighted by atomic mass is 10.2. The monoisotopic (exact) mass is 232 g/mol. The Labute approximate surface area is 97.3 Å². The highest BCUT2D eigenvalue weighted by Crippen LogP contribution is 2.06. The first-order valence-electron chi connectivity index (χ1n) is 5.15. The first-order chi connectivity index (χ1) is 8.06. The normalized spacial score (nSPS) is 10.4. The van der Waals surface area contributed by atoms with E-state index in [0.29, 0.717) is 5.82 Å². The van der Waals surface area contributed by atoms with Crippen LogP contribution in [0.3, 0.4) is 0 Å². The molecule has 0 aromatic carbocycles. The van der Waals surface area contributed by atoms with Crippen LogP contribution in [0.5, 0.6) is 0 Å². The van der Waals surface area contributed by atoms with Gasteiger partial charge in [-0.1, -0.05) is 0 Å². The standard InChI is InChI=1S/C12H12N2O3/c1-8-4-5-14(7-8)10-3-2-9(6-11(15)16)12(17)13-10/h2-5,7H,6H2,1H3,(H,13,17)(H,15,16). The third-order valence-corrected chi connectivity index (χ3v) is 2.44. The molecule has 0 spiro atoms. The van der Waals surface area contributed by atoms with Crippen LogP contribution in [0.25, 0.3) is 5.82 Å². The number of aromatic nitrogens is 2. The fourth-order valence-corrected chi connectivity index (χ4v) is 1.60. The number of carbonyl (C=O) groups is 1. The first kappa shape index (κ1) is 11.2. The number of carboxylic acids is 1. The Morgan fingerprint density at radius 1 is 1.41 bits per heavy atom. The molecule has 0 saturated heterocycles. The molecule has 0 amide bonds. The second kappa shape index (κ2) is 4.29. The average molecular weight is 232 g/mol. The lowest BCUT2D eigenvalue weighted by Crippen LogP contribution is -2.17. The second-order valence-electron chi connectivity index (χ2n) is 3.86. The van der Waals surface area contributed by atoms with Crippen molar-refractivity contribution in [2.24, 2.45) is 0 Å². The summed E-state index contributed by atoms with van der Waals surface area (Å²) in [6, 6.07) is 5.15. The largest absolute Gasteiger partial charge is 0.481 e. The van der Waals surface area contributed by atoms with Crippen LogP contribution in [0.4, 0.5) is 0 Å². The molecule has 0 aliphatic rings. The highest BCUT2D eigenvalue weighted by Gasteiger charge is 2.06. The molecule has 2 aromatic heterocycles. The van der Waals surface area contributed by atoms with Crippen LogP contribution in [-0.2, 0) is 11.2 Å². The summed E-state index contributed by atoms with van der Waals surface area (Å²) >= 11 is 0. The SMILES string of the molecule is Cc1ccn(-c2ccc(CC(=O)O)c(=O)[nH]2)c1. The molecule has 0 saturated carbocycles. The van der Waals surface area contributed by atoms with Gasteiger partial charge in [0.25, 0.3) is 5.56 Å². The molecule has 5 heteroatoms. The average Bonchev–Trinajstić information content (AvgIpc) is 2.67. The molecule has 2 heterocycles. The minimum atomic E-state index is -1.01. The van der Waals surface area contributed by atoms with Gasteiger partial charge in [-0.15, -0.1) is 0 Å². The number of aliphatic carboxylic acids is 1. The van der Waals surface area contributed by atoms with Gasteiger partial charge in [0.05, 0.1) is 6.42 Å². The molecular weight excluding hydrogens is 220 g/mol. The Bertz CT molecular complexity index is 610. The number of hydrogen-bond acceptors (Lipinski definition) is 2. The van der Waals surface area contributed by atoms with Crippen molar-refractivity contribution in [2.75, 3.05) is 0 Å². The van der Waals surface area contributed by atoms with Crippen LogP contribution in [0.2, 0.25) is 0 Å². The lowest BCUT2D eigenvalue weighted by molar-refractivity contribution is -0.136. The summed E-state index contributed by atoms with van der Waals surface area (Å²) in [7, 11) is 0. The van der Waals surface area contributed by atoms with Crippen molar-refractivity contribution >= 4 is 5.97 Å². The summed E-state index contributed by atoms with van der Waals surface area (Å²) < 4.78 is 1.78. The van der Waals surface area contributed by atoms with Gasteiger partial charge in [-0.3, -0.25) is 9.59 Å². The predicted octanol–water partition coefficient (Wildman–Crippen LogP) is 1.10. The molecular formula is C12H12N2O3. The van der Waals surface area contributed by atoms with Gasteiger partial charge >= 0.3 is 5.97 Å². The van der Waals surface area contributed by atoms with Crippen molar-refractivity contribution in [1.29, 1.82) is 0 Å². The molecule has 0 aliphatic carbocycles. The third-order valence-electron chi connectivity index (χ3n) is 2.44. The Balaban J connectivity index is 2.37. The smallest absolute Gasteiger partial charge is 0.308 e. The van der Waals surface area contributed by atoms with E-state index in [2.05, 4.69) is 4.98 Å². The summed E-state index contributed by atoms with van der Waals surface area (Å²) in [6.07, 6.45) is 3.44. The molecule has 0 aliphatic heterocycles. The van der Waals surface area contributed by atoms with E-state index in [1.165, 1.54) is 6.07 Å². The fraction of sp³-hybridized carbons (Fsp3) is 0.167. The molecule has 5 nitrogen and oxygen atoms in total. The Morgan fingerprint density at radius 3 is 2.71 bits per heavy atom. The maximum Gasteiger partial charge on any atom is 0.308 e. The zero-order chi connectivity index (χ0) is 12.4. The number of nitrogens with zero attached hydrogens (tertiary/aromatic N) is 1. The van der Waals surface area contributed by atoms with E-state index in [0.717, 1.165) is 5.56 Å². The molecule has 2 N–H and O–H groups in total. The van der Waals surface area contributed by atoms with E-state index >= 15 is 0 Å². The molecule has 0 bridgehead atoms. The number of H-pyrrole nitrogens is 1. The highest BCUT2D eigenvalue weighted by molar-refractivity contribution is 5.70. The van der Waals surface area contributed by atoms with Crippen LogP contribution in [0.15, 0.2) is 35.4 Å². The van der Waals surface area contributed by atoms with Crippen LogP contribution >= 0.6 is 0 Å². The topological polar surface area (TPSA) is 75.1 Å². The molecule has 0 atom stereocenters. The second-order valence-corrected chi connectivity index (χ2v) is 3.86. The zero-order valence-corrected chi connectivity index (χ0v) is 9.30. The van der Waals surface area contributed by atoms with Crippen LogP contribution in [0, 0.1) is 6.92 Å². The number of aromatic amines is 1. The van der Waals surface area contributed by atoms with Gasteiger partial charge in [0.2, 0.25) is 0 Å². The van der Waals surface area contributed by atoms with Gasteiger partial charge in [-0.05, 0) is 30.7 Å². The van der Waals surface area contributed by atoms with Gasteiger partial charge in [-0.2, -0.15) is 0 Å². The first-order valence-corrected chi connectivity index (χ1v) is 5.15. The highest BCUT2D eigenvalue weighted by atomic mass is 16.4. The van der Waals surface area contributed by atoms with Crippen molar-refractivity contribution in [2.45, 2.75) is 13.3 Å².